The Bertz CT molecular complexity index is 1400. The van der Waals surface area contributed by atoms with Gasteiger partial charge in [0.25, 0.3) is 5.56 Å². The highest BCUT2D eigenvalue weighted by atomic mass is 16.5. The molecule has 0 spiro atoms. The molecule has 0 amide bonds. The van der Waals surface area contributed by atoms with Gasteiger partial charge in [0.05, 0.1) is 41.5 Å². The number of anilines is 1. The van der Waals surface area contributed by atoms with Gasteiger partial charge >= 0.3 is 0 Å². The molecule has 1 fully saturated rings. The molecular weight excluding hydrogens is 446 g/mol. The van der Waals surface area contributed by atoms with Crippen molar-refractivity contribution in [1.29, 1.82) is 0 Å². The standard InChI is InChI=1S/C25H27N7O3/c1-16-23(35-19-8-9-26-22(11-19)17-12-28-31(2)14-17)7-6-21(29-16)20-13-27-25(30-24(20)33)32-10-4-5-18(32)15-34-3/h6-9,11-14,18H,4-5,10,15H2,1-3H3,(H,27,30,33). The summed E-state index contributed by atoms with van der Waals surface area (Å²) in [5.74, 6) is 1.80. The third-order valence-electron chi connectivity index (χ3n) is 6.07. The summed E-state index contributed by atoms with van der Waals surface area (Å²) in [5.41, 5.74) is 3.05. The van der Waals surface area contributed by atoms with E-state index in [9.17, 15) is 4.79 Å². The number of H-pyrrole nitrogens is 1. The second kappa shape index (κ2) is 9.67. The first-order valence-electron chi connectivity index (χ1n) is 11.5. The van der Waals surface area contributed by atoms with Gasteiger partial charge in [-0.05, 0) is 38.0 Å². The number of aryl methyl sites for hydroxylation is 2. The molecule has 1 aliphatic heterocycles. The second-order valence-electron chi connectivity index (χ2n) is 8.56. The van der Waals surface area contributed by atoms with E-state index in [1.165, 1.54) is 0 Å². The molecule has 1 aliphatic rings. The summed E-state index contributed by atoms with van der Waals surface area (Å²) in [7, 11) is 3.55. The van der Waals surface area contributed by atoms with Gasteiger partial charge in [-0.25, -0.2) is 9.97 Å². The second-order valence-corrected chi connectivity index (χ2v) is 8.56. The lowest BCUT2D eigenvalue weighted by atomic mass is 10.2. The molecule has 0 saturated carbocycles. The van der Waals surface area contributed by atoms with E-state index in [0.717, 1.165) is 30.6 Å². The Balaban J connectivity index is 1.35. The average molecular weight is 474 g/mol. The molecular formula is C25H27N7O3. The summed E-state index contributed by atoms with van der Waals surface area (Å²) in [6.07, 6.45) is 8.99. The summed E-state index contributed by atoms with van der Waals surface area (Å²) >= 11 is 0. The van der Waals surface area contributed by atoms with Crippen LogP contribution in [0.25, 0.3) is 22.5 Å². The van der Waals surface area contributed by atoms with E-state index in [1.54, 1.807) is 42.5 Å². The third-order valence-corrected chi connectivity index (χ3v) is 6.07. The van der Waals surface area contributed by atoms with Crippen molar-refractivity contribution in [1.82, 2.24) is 29.7 Å². The summed E-state index contributed by atoms with van der Waals surface area (Å²) in [6, 6.07) is 7.44. The van der Waals surface area contributed by atoms with Gasteiger partial charge in [0, 0.05) is 50.9 Å². The van der Waals surface area contributed by atoms with Crippen LogP contribution < -0.4 is 15.2 Å². The number of rotatable bonds is 7. The lowest BCUT2D eigenvalue weighted by Gasteiger charge is -2.24. The van der Waals surface area contributed by atoms with Gasteiger partial charge in [-0.15, -0.1) is 0 Å². The van der Waals surface area contributed by atoms with E-state index in [4.69, 9.17) is 9.47 Å². The Kier molecular flexibility index (Phi) is 6.28. The quantitative estimate of drug-likeness (QED) is 0.435. The van der Waals surface area contributed by atoms with Crippen LogP contribution in [0.2, 0.25) is 0 Å². The Labute approximate surface area is 202 Å². The highest BCUT2D eigenvalue weighted by molar-refractivity contribution is 5.60. The van der Waals surface area contributed by atoms with E-state index in [0.29, 0.717) is 41.0 Å². The molecule has 1 atom stereocenters. The van der Waals surface area contributed by atoms with Crippen molar-refractivity contribution in [2.45, 2.75) is 25.8 Å². The summed E-state index contributed by atoms with van der Waals surface area (Å²) < 4.78 is 13.1. The minimum Gasteiger partial charge on any atom is -0.455 e. The van der Waals surface area contributed by atoms with Crippen molar-refractivity contribution in [2.75, 3.05) is 25.2 Å². The molecule has 4 aromatic heterocycles. The predicted octanol–water partition coefficient (Wildman–Crippen LogP) is 3.34. The monoisotopic (exact) mass is 473 g/mol. The zero-order valence-electron chi connectivity index (χ0n) is 19.9. The number of aromatic amines is 1. The summed E-state index contributed by atoms with van der Waals surface area (Å²) in [4.78, 5) is 31.4. The topological polar surface area (TPSA) is 111 Å². The zero-order valence-corrected chi connectivity index (χ0v) is 19.9. The molecule has 1 N–H and O–H groups in total. The molecule has 0 radical (unpaired) electrons. The zero-order chi connectivity index (χ0) is 24.4. The molecule has 10 nitrogen and oxygen atoms in total. The smallest absolute Gasteiger partial charge is 0.261 e. The highest BCUT2D eigenvalue weighted by Crippen LogP contribution is 2.29. The number of hydrogen-bond acceptors (Lipinski definition) is 8. The van der Waals surface area contributed by atoms with Crippen molar-refractivity contribution in [3.05, 3.63) is 65.1 Å². The van der Waals surface area contributed by atoms with Crippen LogP contribution in [0.4, 0.5) is 5.95 Å². The van der Waals surface area contributed by atoms with Crippen LogP contribution in [0.3, 0.4) is 0 Å². The van der Waals surface area contributed by atoms with Gasteiger partial charge in [0.1, 0.15) is 11.5 Å². The van der Waals surface area contributed by atoms with Crippen molar-refractivity contribution in [3.63, 3.8) is 0 Å². The molecule has 35 heavy (non-hydrogen) atoms. The number of nitrogens with zero attached hydrogens (tertiary/aromatic N) is 6. The maximum atomic E-state index is 12.9. The molecule has 0 bridgehead atoms. The van der Waals surface area contributed by atoms with Crippen molar-refractivity contribution >= 4 is 5.95 Å². The van der Waals surface area contributed by atoms with E-state index < -0.39 is 0 Å². The Morgan fingerprint density at radius 3 is 2.80 bits per heavy atom. The first kappa shape index (κ1) is 22.7. The number of ether oxygens (including phenoxy) is 2. The van der Waals surface area contributed by atoms with E-state index in [-0.39, 0.29) is 11.6 Å². The molecule has 10 heteroatoms. The van der Waals surface area contributed by atoms with Crippen LogP contribution in [-0.4, -0.2) is 56.0 Å². The first-order chi connectivity index (χ1) is 17.0. The van der Waals surface area contributed by atoms with Crippen molar-refractivity contribution in [2.24, 2.45) is 7.05 Å². The maximum absolute atomic E-state index is 12.9. The van der Waals surface area contributed by atoms with Crippen LogP contribution in [0.1, 0.15) is 18.5 Å². The van der Waals surface area contributed by atoms with Crippen LogP contribution in [0.5, 0.6) is 11.5 Å². The number of pyridine rings is 2. The molecule has 1 saturated heterocycles. The van der Waals surface area contributed by atoms with Gasteiger partial charge in [0.2, 0.25) is 5.95 Å². The molecule has 1 unspecified atom stereocenters. The first-order valence-corrected chi connectivity index (χ1v) is 11.5. The van der Waals surface area contributed by atoms with Crippen molar-refractivity contribution in [3.8, 4) is 34.0 Å². The SMILES string of the molecule is COCC1CCCN1c1ncc(-c2ccc(Oc3ccnc(-c4cnn(C)c4)c3)c(C)n2)c(=O)[nH]1. The Hall–Kier alpha value is -4.05. The van der Waals surface area contributed by atoms with E-state index in [1.807, 2.05) is 32.3 Å². The largest absolute Gasteiger partial charge is 0.455 e. The molecule has 5 rings (SSSR count). The maximum Gasteiger partial charge on any atom is 0.261 e. The number of methoxy groups -OCH3 is 1. The molecule has 0 aromatic carbocycles. The van der Waals surface area contributed by atoms with Crippen LogP contribution >= 0.6 is 0 Å². The van der Waals surface area contributed by atoms with Gasteiger partial charge in [-0.1, -0.05) is 0 Å². The molecule has 180 valence electrons. The molecule has 0 aliphatic carbocycles. The van der Waals surface area contributed by atoms with E-state index >= 15 is 0 Å². The van der Waals surface area contributed by atoms with Gasteiger partial charge in [-0.3, -0.25) is 19.4 Å². The summed E-state index contributed by atoms with van der Waals surface area (Å²) in [5, 5.41) is 4.19. The van der Waals surface area contributed by atoms with Gasteiger partial charge < -0.3 is 14.4 Å². The minimum absolute atomic E-state index is 0.220. The fraction of sp³-hybridized carbons (Fsp3) is 0.320. The molecule has 5 heterocycles. The number of nitrogens with one attached hydrogen (secondary N) is 1. The molecule has 4 aromatic rings. The minimum atomic E-state index is -0.228. The lowest BCUT2D eigenvalue weighted by Crippen LogP contribution is -2.35. The lowest BCUT2D eigenvalue weighted by molar-refractivity contribution is 0.180. The number of aromatic nitrogens is 6. The van der Waals surface area contributed by atoms with Crippen LogP contribution in [0, 0.1) is 6.92 Å². The average Bonchev–Trinajstić information content (AvgIpc) is 3.50. The fourth-order valence-corrected chi connectivity index (χ4v) is 4.31. The normalized spacial score (nSPS) is 15.5. The van der Waals surface area contributed by atoms with Crippen LogP contribution in [0.15, 0.2) is 53.8 Å². The number of hydrogen-bond donors (Lipinski definition) is 1. The van der Waals surface area contributed by atoms with E-state index in [2.05, 4.69) is 29.9 Å². The van der Waals surface area contributed by atoms with Crippen molar-refractivity contribution < 1.29 is 9.47 Å². The fourth-order valence-electron chi connectivity index (χ4n) is 4.31. The van der Waals surface area contributed by atoms with Crippen LogP contribution in [-0.2, 0) is 11.8 Å². The predicted molar refractivity (Wildman–Crippen MR) is 132 cm³/mol. The third kappa shape index (κ3) is 4.78. The summed E-state index contributed by atoms with van der Waals surface area (Å²) in [6.45, 7) is 3.30. The van der Waals surface area contributed by atoms with Gasteiger partial charge in [-0.2, -0.15) is 5.10 Å². The Morgan fingerprint density at radius 2 is 2.06 bits per heavy atom. The highest BCUT2D eigenvalue weighted by Gasteiger charge is 2.26. The van der Waals surface area contributed by atoms with Gasteiger partial charge in [0.15, 0.2) is 0 Å². The Morgan fingerprint density at radius 1 is 1.17 bits per heavy atom.